The molecule has 0 saturated carbocycles. The maximum atomic E-state index is 13.5. The molecule has 1 aromatic carbocycles. The van der Waals surface area contributed by atoms with Gasteiger partial charge in [0.05, 0.1) is 12.3 Å². The zero-order valence-corrected chi connectivity index (χ0v) is 16.1. The number of hydrogen-bond donors (Lipinski definition) is 3. The molecule has 2 rings (SSSR count). The van der Waals surface area contributed by atoms with E-state index < -0.39 is 5.82 Å². The lowest BCUT2D eigenvalue weighted by Gasteiger charge is -2.18. The molecule has 1 atom stereocenters. The average molecular weight is 361 g/mol. The van der Waals surface area contributed by atoms with Crippen LogP contribution in [0.25, 0.3) is 0 Å². The molecule has 142 valence electrons. The van der Waals surface area contributed by atoms with Crippen LogP contribution in [0.5, 0.6) is 0 Å². The second-order valence-electron chi connectivity index (χ2n) is 6.53. The zero-order valence-electron chi connectivity index (χ0n) is 16.1. The number of rotatable bonds is 6. The van der Waals surface area contributed by atoms with Crippen LogP contribution in [0.2, 0.25) is 0 Å². The van der Waals surface area contributed by atoms with Crippen LogP contribution in [0, 0.1) is 19.7 Å². The van der Waals surface area contributed by atoms with E-state index in [1.807, 2.05) is 18.7 Å². The third-order valence-corrected chi connectivity index (χ3v) is 4.52. The third-order valence-electron chi connectivity index (χ3n) is 4.52. The summed E-state index contributed by atoms with van der Waals surface area (Å²) in [6, 6.07) is 4.89. The molecule has 0 amide bonds. The number of aliphatic hydroxyl groups excluding tert-OH is 1. The number of aliphatic imine (C=N–C) groups is 1. The van der Waals surface area contributed by atoms with E-state index in [0.717, 1.165) is 17.7 Å². The van der Waals surface area contributed by atoms with Crippen molar-refractivity contribution in [1.29, 1.82) is 0 Å². The summed E-state index contributed by atoms with van der Waals surface area (Å²) in [5.74, 6) is 0.279. The Bertz CT molecular complexity index is 784. The fraction of sp³-hybridized carbons (Fsp3) is 0.474. The van der Waals surface area contributed by atoms with Crippen molar-refractivity contribution in [3.8, 4) is 0 Å². The van der Waals surface area contributed by atoms with Gasteiger partial charge in [0.1, 0.15) is 5.82 Å². The van der Waals surface area contributed by atoms with E-state index in [4.69, 9.17) is 5.11 Å². The Morgan fingerprint density at radius 2 is 2.12 bits per heavy atom. The van der Waals surface area contributed by atoms with E-state index in [2.05, 4.69) is 34.6 Å². The topological polar surface area (TPSA) is 74.5 Å². The summed E-state index contributed by atoms with van der Waals surface area (Å²) >= 11 is 0. The van der Waals surface area contributed by atoms with E-state index in [-0.39, 0.29) is 12.6 Å². The largest absolute Gasteiger partial charge is 0.392 e. The number of guanidine groups is 1. The van der Waals surface area contributed by atoms with E-state index in [1.165, 1.54) is 17.3 Å². The minimum Gasteiger partial charge on any atom is -0.392 e. The van der Waals surface area contributed by atoms with Crippen LogP contribution in [0.1, 0.15) is 35.0 Å². The molecule has 1 unspecified atom stereocenters. The van der Waals surface area contributed by atoms with Gasteiger partial charge in [-0.2, -0.15) is 5.10 Å². The van der Waals surface area contributed by atoms with Gasteiger partial charge in [-0.25, -0.2) is 4.39 Å². The van der Waals surface area contributed by atoms with Crippen LogP contribution in [0.4, 0.5) is 4.39 Å². The Balaban J connectivity index is 1.94. The first-order valence-corrected chi connectivity index (χ1v) is 8.70. The number of aryl methyl sites for hydroxylation is 2. The van der Waals surface area contributed by atoms with Crippen molar-refractivity contribution in [3.05, 3.63) is 52.1 Å². The molecule has 0 fully saturated rings. The van der Waals surface area contributed by atoms with Crippen LogP contribution in [-0.4, -0.2) is 33.9 Å². The number of hydrogen-bond acceptors (Lipinski definition) is 3. The summed E-state index contributed by atoms with van der Waals surface area (Å²) in [5, 5.41) is 20.2. The molecule has 0 radical (unpaired) electrons. The zero-order chi connectivity index (χ0) is 19.3. The number of nitrogens with zero attached hydrogens (tertiary/aromatic N) is 3. The van der Waals surface area contributed by atoms with E-state index in [0.29, 0.717) is 18.1 Å². The highest BCUT2D eigenvalue weighted by atomic mass is 19.1. The molecule has 7 heteroatoms. The van der Waals surface area contributed by atoms with Gasteiger partial charge < -0.3 is 15.7 Å². The Hall–Kier alpha value is -2.41. The lowest BCUT2D eigenvalue weighted by atomic mass is 10.1. The molecule has 1 aromatic heterocycles. The Kier molecular flexibility index (Phi) is 6.74. The van der Waals surface area contributed by atoms with Gasteiger partial charge in [0, 0.05) is 37.9 Å². The first-order chi connectivity index (χ1) is 12.3. The van der Waals surface area contributed by atoms with Gasteiger partial charge >= 0.3 is 0 Å². The highest BCUT2D eigenvalue weighted by Gasteiger charge is 2.14. The Labute approximate surface area is 154 Å². The van der Waals surface area contributed by atoms with Crippen LogP contribution in [0.15, 0.2) is 23.2 Å². The summed E-state index contributed by atoms with van der Waals surface area (Å²) in [5.41, 5.74) is 4.63. The first-order valence-electron chi connectivity index (χ1n) is 8.70. The van der Waals surface area contributed by atoms with E-state index in [1.54, 1.807) is 19.2 Å². The van der Waals surface area contributed by atoms with Crippen molar-refractivity contribution < 1.29 is 9.50 Å². The summed E-state index contributed by atoms with van der Waals surface area (Å²) in [6.07, 6.45) is 0.845. The summed E-state index contributed by atoms with van der Waals surface area (Å²) in [6.45, 7) is 6.37. The molecule has 2 aromatic rings. The molecular weight excluding hydrogens is 333 g/mol. The van der Waals surface area contributed by atoms with Gasteiger partial charge in [-0.15, -0.1) is 0 Å². The third kappa shape index (κ3) is 4.82. The Morgan fingerprint density at radius 1 is 1.38 bits per heavy atom. The normalized spacial score (nSPS) is 13.0. The van der Waals surface area contributed by atoms with E-state index in [9.17, 15) is 4.39 Å². The number of aliphatic hydroxyl groups is 1. The minimum absolute atomic E-state index is 0.170. The van der Waals surface area contributed by atoms with Crippen molar-refractivity contribution in [2.24, 2.45) is 12.0 Å². The van der Waals surface area contributed by atoms with Crippen LogP contribution in [-0.2, 0) is 26.6 Å². The van der Waals surface area contributed by atoms with Gasteiger partial charge in [-0.1, -0.05) is 6.07 Å². The van der Waals surface area contributed by atoms with E-state index >= 15 is 0 Å². The maximum absolute atomic E-state index is 13.5. The molecule has 0 aliphatic carbocycles. The lowest BCUT2D eigenvalue weighted by molar-refractivity contribution is 0.275. The van der Waals surface area contributed by atoms with Crippen LogP contribution >= 0.6 is 0 Å². The van der Waals surface area contributed by atoms with Gasteiger partial charge in [0.15, 0.2) is 5.96 Å². The lowest BCUT2D eigenvalue weighted by Crippen LogP contribution is -2.42. The highest BCUT2D eigenvalue weighted by Crippen LogP contribution is 2.14. The predicted molar refractivity (Wildman–Crippen MR) is 102 cm³/mol. The highest BCUT2D eigenvalue weighted by molar-refractivity contribution is 5.79. The molecule has 26 heavy (non-hydrogen) atoms. The number of nitrogens with one attached hydrogen (secondary N) is 2. The Morgan fingerprint density at radius 3 is 2.69 bits per heavy atom. The molecule has 0 saturated heterocycles. The molecular formula is C19H28FN5O. The summed E-state index contributed by atoms with van der Waals surface area (Å²) in [7, 11) is 3.67. The van der Waals surface area contributed by atoms with Gasteiger partial charge in [0.2, 0.25) is 0 Å². The number of aromatic nitrogens is 2. The molecule has 1 heterocycles. The second-order valence-corrected chi connectivity index (χ2v) is 6.53. The molecule has 0 spiro atoms. The molecule has 6 nitrogen and oxygen atoms in total. The molecule has 0 bridgehead atoms. The quantitative estimate of drug-likeness (QED) is 0.543. The van der Waals surface area contributed by atoms with Gasteiger partial charge in [0.25, 0.3) is 0 Å². The number of benzene rings is 1. The number of halogens is 1. The maximum Gasteiger partial charge on any atom is 0.191 e. The molecule has 0 aliphatic heterocycles. The first kappa shape index (κ1) is 19.9. The minimum atomic E-state index is -0.394. The van der Waals surface area contributed by atoms with Crippen molar-refractivity contribution in [2.75, 3.05) is 7.05 Å². The van der Waals surface area contributed by atoms with Crippen molar-refractivity contribution in [2.45, 2.75) is 46.4 Å². The predicted octanol–water partition coefficient (Wildman–Crippen LogP) is 1.96. The van der Waals surface area contributed by atoms with Crippen molar-refractivity contribution in [3.63, 3.8) is 0 Å². The molecule has 0 aliphatic rings. The summed E-state index contributed by atoms with van der Waals surface area (Å²) in [4.78, 5) is 4.25. The van der Waals surface area contributed by atoms with Crippen LogP contribution < -0.4 is 10.6 Å². The fourth-order valence-corrected chi connectivity index (χ4v) is 2.94. The second kappa shape index (κ2) is 8.80. The summed E-state index contributed by atoms with van der Waals surface area (Å²) < 4.78 is 15.4. The van der Waals surface area contributed by atoms with Gasteiger partial charge in [-0.3, -0.25) is 9.67 Å². The van der Waals surface area contributed by atoms with Gasteiger partial charge in [-0.05, 0) is 50.5 Å². The van der Waals surface area contributed by atoms with Crippen molar-refractivity contribution >= 4 is 5.96 Å². The average Bonchev–Trinajstić information content (AvgIpc) is 2.85. The SMILES string of the molecule is CN=C(NCc1ccc(F)c(CO)c1)NC(C)Cc1c(C)nn(C)c1C. The van der Waals surface area contributed by atoms with Crippen LogP contribution in [0.3, 0.4) is 0 Å². The molecule has 3 N–H and O–H groups in total. The van der Waals surface area contributed by atoms with Crippen molar-refractivity contribution in [1.82, 2.24) is 20.4 Å². The fourth-order valence-electron chi connectivity index (χ4n) is 2.94. The monoisotopic (exact) mass is 361 g/mol. The smallest absolute Gasteiger partial charge is 0.191 e. The standard InChI is InChI=1S/C19H28FN5O/c1-12(8-17-13(2)24-25(5)14(17)3)23-19(21-4)22-10-15-6-7-18(20)16(9-15)11-26/h6-7,9,12,26H,8,10-11H2,1-5H3,(H2,21,22,23).